The molecule has 1 fully saturated rings. The normalized spacial score (nSPS) is 24.9. The topological polar surface area (TPSA) is 41.5 Å². The molecule has 1 aliphatic rings. The smallest absolute Gasteiger partial charge is 0.102 e. The third-order valence-corrected chi connectivity index (χ3v) is 3.31. The number of ether oxygens (including phenoxy) is 1. The molecule has 0 amide bonds. The number of halogens is 1. The first-order valence-corrected chi connectivity index (χ1v) is 6.23. The van der Waals surface area contributed by atoms with Gasteiger partial charge in [0.1, 0.15) is 5.60 Å². The second-order valence-corrected chi connectivity index (χ2v) is 5.17. The van der Waals surface area contributed by atoms with Crippen LogP contribution in [-0.2, 0) is 11.3 Å². The molecular formula is C12H16BrNO2. The Kier molecular flexibility index (Phi) is 3.97. The molecule has 0 bridgehead atoms. The summed E-state index contributed by atoms with van der Waals surface area (Å²) in [6.45, 7) is 2.47. The van der Waals surface area contributed by atoms with Crippen LogP contribution in [0.5, 0.6) is 0 Å². The lowest BCUT2D eigenvalue weighted by molar-refractivity contribution is 0.0268. The molecule has 1 heterocycles. The SMILES string of the molecule is OC1(CNCc2ccc(Br)cc2)CCOC1. The molecule has 0 radical (unpaired) electrons. The van der Waals surface area contributed by atoms with Crippen LogP contribution in [0, 0.1) is 0 Å². The highest BCUT2D eigenvalue weighted by molar-refractivity contribution is 9.10. The van der Waals surface area contributed by atoms with E-state index in [-0.39, 0.29) is 0 Å². The van der Waals surface area contributed by atoms with Gasteiger partial charge in [0.15, 0.2) is 0 Å². The van der Waals surface area contributed by atoms with E-state index in [1.165, 1.54) is 5.56 Å². The highest BCUT2D eigenvalue weighted by atomic mass is 79.9. The molecule has 1 aliphatic heterocycles. The van der Waals surface area contributed by atoms with Crippen molar-refractivity contribution in [3.05, 3.63) is 34.3 Å². The minimum atomic E-state index is -0.671. The van der Waals surface area contributed by atoms with Crippen molar-refractivity contribution < 1.29 is 9.84 Å². The van der Waals surface area contributed by atoms with Crippen molar-refractivity contribution in [3.63, 3.8) is 0 Å². The first-order valence-electron chi connectivity index (χ1n) is 5.43. The minimum absolute atomic E-state index is 0.445. The van der Waals surface area contributed by atoms with Crippen molar-refractivity contribution in [1.82, 2.24) is 5.32 Å². The van der Waals surface area contributed by atoms with E-state index in [9.17, 15) is 5.11 Å². The Hall–Kier alpha value is -0.420. The molecule has 4 heteroatoms. The van der Waals surface area contributed by atoms with Gasteiger partial charge in [-0.05, 0) is 17.7 Å². The summed E-state index contributed by atoms with van der Waals surface area (Å²) >= 11 is 3.40. The van der Waals surface area contributed by atoms with Gasteiger partial charge in [-0.1, -0.05) is 28.1 Å². The highest BCUT2D eigenvalue weighted by Gasteiger charge is 2.31. The van der Waals surface area contributed by atoms with Gasteiger partial charge in [0.25, 0.3) is 0 Å². The lowest BCUT2D eigenvalue weighted by Crippen LogP contribution is -2.40. The maximum atomic E-state index is 10.0. The fraction of sp³-hybridized carbons (Fsp3) is 0.500. The van der Waals surface area contributed by atoms with Crippen LogP contribution in [0.25, 0.3) is 0 Å². The average Bonchev–Trinajstić information content (AvgIpc) is 2.69. The number of rotatable bonds is 4. The summed E-state index contributed by atoms with van der Waals surface area (Å²) in [6, 6.07) is 8.16. The summed E-state index contributed by atoms with van der Waals surface area (Å²) in [5.41, 5.74) is 0.542. The second-order valence-electron chi connectivity index (χ2n) is 4.26. The van der Waals surface area contributed by atoms with Gasteiger partial charge in [-0.25, -0.2) is 0 Å². The maximum Gasteiger partial charge on any atom is 0.102 e. The van der Waals surface area contributed by atoms with Gasteiger partial charge in [0.05, 0.1) is 6.61 Å². The molecule has 0 aliphatic carbocycles. The highest BCUT2D eigenvalue weighted by Crippen LogP contribution is 2.17. The molecule has 0 aromatic heterocycles. The average molecular weight is 286 g/mol. The quantitative estimate of drug-likeness (QED) is 0.885. The van der Waals surface area contributed by atoms with Gasteiger partial charge in [-0.15, -0.1) is 0 Å². The van der Waals surface area contributed by atoms with E-state index in [0.717, 1.165) is 17.4 Å². The van der Waals surface area contributed by atoms with E-state index in [4.69, 9.17) is 4.74 Å². The monoisotopic (exact) mass is 285 g/mol. The number of hydrogen-bond acceptors (Lipinski definition) is 3. The zero-order chi connectivity index (χ0) is 11.4. The van der Waals surface area contributed by atoms with Crippen molar-refractivity contribution in [2.75, 3.05) is 19.8 Å². The van der Waals surface area contributed by atoms with Crippen LogP contribution in [0.15, 0.2) is 28.7 Å². The van der Waals surface area contributed by atoms with E-state index in [2.05, 4.69) is 33.4 Å². The van der Waals surface area contributed by atoms with Crippen LogP contribution in [0.3, 0.4) is 0 Å². The van der Waals surface area contributed by atoms with E-state index in [0.29, 0.717) is 19.8 Å². The third-order valence-electron chi connectivity index (χ3n) is 2.78. The predicted molar refractivity (Wildman–Crippen MR) is 66.2 cm³/mol. The largest absolute Gasteiger partial charge is 0.386 e. The summed E-state index contributed by atoms with van der Waals surface area (Å²) in [5.74, 6) is 0. The molecular weight excluding hydrogens is 270 g/mol. The molecule has 2 N–H and O–H groups in total. The lowest BCUT2D eigenvalue weighted by atomic mass is 10.0. The molecule has 0 spiro atoms. The summed E-state index contributed by atoms with van der Waals surface area (Å²) in [6.07, 6.45) is 0.723. The molecule has 16 heavy (non-hydrogen) atoms. The Morgan fingerprint density at radius 3 is 2.75 bits per heavy atom. The van der Waals surface area contributed by atoms with Crippen LogP contribution in [0.4, 0.5) is 0 Å². The van der Waals surface area contributed by atoms with Gasteiger partial charge in [0.2, 0.25) is 0 Å². The Bertz CT molecular complexity index is 333. The number of hydrogen-bond donors (Lipinski definition) is 2. The molecule has 2 rings (SSSR count). The van der Waals surface area contributed by atoms with Gasteiger partial charge >= 0.3 is 0 Å². The van der Waals surface area contributed by atoms with Gasteiger partial charge in [0, 0.05) is 30.6 Å². The van der Waals surface area contributed by atoms with E-state index in [1.54, 1.807) is 0 Å². The Morgan fingerprint density at radius 1 is 1.38 bits per heavy atom. The van der Waals surface area contributed by atoms with Gasteiger partial charge in [-0.2, -0.15) is 0 Å². The standard InChI is InChI=1S/C12H16BrNO2/c13-11-3-1-10(2-4-11)7-14-8-12(15)5-6-16-9-12/h1-4,14-15H,5-9H2. The number of nitrogens with one attached hydrogen (secondary N) is 1. The third kappa shape index (κ3) is 3.28. The number of benzene rings is 1. The fourth-order valence-corrected chi connectivity index (χ4v) is 2.04. The zero-order valence-electron chi connectivity index (χ0n) is 9.08. The van der Waals surface area contributed by atoms with Crippen molar-refractivity contribution in [2.24, 2.45) is 0 Å². The Balaban J connectivity index is 1.77. The van der Waals surface area contributed by atoms with Crippen LogP contribution in [-0.4, -0.2) is 30.5 Å². The predicted octanol–water partition coefficient (Wildman–Crippen LogP) is 1.69. The molecule has 3 nitrogen and oxygen atoms in total. The fourth-order valence-electron chi connectivity index (χ4n) is 1.78. The molecule has 88 valence electrons. The first kappa shape index (κ1) is 12.0. The van der Waals surface area contributed by atoms with Gasteiger partial charge in [-0.3, -0.25) is 0 Å². The molecule has 1 aromatic carbocycles. The molecule has 1 saturated heterocycles. The van der Waals surface area contributed by atoms with Gasteiger partial charge < -0.3 is 15.2 Å². The zero-order valence-corrected chi connectivity index (χ0v) is 10.7. The number of aliphatic hydroxyl groups is 1. The van der Waals surface area contributed by atoms with Crippen LogP contribution >= 0.6 is 15.9 Å². The summed E-state index contributed by atoms with van der Waals surface area (Å²) in [4.78, 5) is 0. The summed E-state index contributed by atoms with van der Waals surface area (Å²) in [7, 11) is 0. The van der Waals surface area contributed by atoms with Crippen molar-refractivity contribution in [3.8, 4) is 0 Å². The molecule has 1 aromatic rings. The van der Waals surface area contributed by atoms with Crippen molar-refractivity contribution in [2.45, 2.75) is 18.6 Å². The van der Waals surface area contributed by atoms with Crippen LogP contribution in [0.2, 0.25) is 0 Å². The van der Waals surface area contributed by atoms with Crippen molar-refractivity contribution >= 4 is 15.9 Å². The molecule has 1 atom stereocenters. The van der Waals surface area contributed by atoms with E-state index < -0.39 is 5.60 Å². The van der Waals surface area contributed by atoms with E-state index in [1.807, 2.05) is 12.1 Å². The second kappa shape index (κ2) is 5.27. The minimum Gasteiger partial charge on any atom is -0.386 e. The first-order chi connectivity index (χ1) is 7.68. The summed E-state index contributed by atoms with van der Waals surface area (Å²) in [5, 5.41) is 13.3. The lowest BCUT2D eigenvalue weighted by Gasteiger charge is -2.20. The summed E-state index contributed by atoms with van der Waals surface area (Å²) < 4.78 is 6.26. The van der Waals surface area contributed by atoms with Crippen LogP contribution < -0.4 is 5.32 Å². The van der Waals surface area contributed by atoms with E-state index >= 15 is 0 Å². The maximum absolute atomic E-state index is 10.0. The van der Waals surface area contributed by atoms with Crippen molar-refractivity contribution in [1.29, 1.82) is 0 Å². The van der Waals surface area contributed by atoms with Crippen LogP contribution in [0.1, 0.15) is 12.0 Å². The molecule has 0 saturated carbocycles. The molecule has 1 unspecified atom stereocenters. The Labute approximate surface area is 104 Å². The Morgan fingerprint density at radius 2 is 2.12 bits per heavy atom.